The molecule has 0 aliphatic heterocycles. The standard InChI is InChI=1S/C15H32N2/c1-4-12-17(13-5-2)15-11-9-7-8-10-14(15)16-6-3/h14-16H,4-13H2,1-3H3. The van der Waals surface area contributed by atoms with Crippen LogP contribution < -0.4 is 5.32 Å². The third kappa shape index (κ3) is 4.97. The molecule has 2 unspecified atom stereocenters. The molecule has 1 saturated carbocycles. The average molecular weight is 240 g/mol. The number of nitrogens with one attached hydrogen (secondary N) is 1. The molecule has 0 spiro atoms. The van der Waals surface area contributed by atoms with Crippen LogP contribution in [-0.2, 0) is 0 Å². The lowest BCUT2D eigenvalue weighted by molar-refractivity contribution is 0.148. The lowest BCUT2D eigenvalue weighted by Crippen LogP contribution is -2.50. The quantitative estimate of drug-likeness (QED) is 0.686. The van der Waals surface area contributed by atoms with Gasteiger partial charge in [-0.15, -0.1) is 0 Å². The van der Waals surface area contributed by atoms with Gasteiger partial charge in [0, 0.05) is 12.1 Å². The summed E-state index contributed by atoms with van der Waals surface area (Å²) in [6, 6.07) is 1.53. The molecule has 2 heteroatoms. The Morgan fingerprint density at radius 1 is 0.941 bits per heavy atom. The van der Waals surface area contributed by atoms with Crippen LogP contribution in [0.25, 0.3) is 0 Å². The van der Waals surface area contributed by atoms with E-state index in [9.17, 15) is 0 Å². The monoisotopic (exact) mass is 240 g/mol. The van der Waals surface area contributed by atoms with Gasteiger partial charge in [-0.1, -0.05) is 40.0 Å². The fraction of sp³-hybridized carbons (Fsp3) is 1.00. The van der Waals surface area contributed by atoms with Crippen LogP contribution >= 0.6 is 0 Å². The first-order valence-corrected chi connectivity index (χ1v) is 7.80. The second kappa shape index (κ2) is 8.93. The van der Waals surface area contributed by atoms with E-state index in [1.54, 1.807) is 0 Å². The normalized spacial score (nSPS) is 26.1. The predicted molar refractivity (Wildman–Crippen MR) is 76.5 cm³/mol. The van der Waals surface area contributed by atoms with Crippen molar-refractivity contribution < 1.29 is 0 Å². The summed E-state index contributed by atoms with van der Waals surface area (Å²) in [5.74, 6) is 0. The van der Waals surface area contributed by atoms with Crippen molar-refractivity contribution in [2.24, 2.45) is 0 Å². The first-order valence-electron chi connectivity index (χ1n) is 7.80. The minimum atomic E-state index is 0.737. The molecule has 0 aromatic heterocycles. The Balaban J connectivity index is 2.63. The summed E-state index contributed by atoms with van der Waals surface area (Å²) < 4.78 is 0. The Hall–Kier alpha value is -0.0800. The minimum absolute atomic E-state index is 0.737. The highest BCUT2D eigenvalue weighted by Crippen LogP contribution is 2.23. The van der Waals surface area contributed by atoms with Crippen molar-refractivity contribution in [2.45, 2.75) is 77.8 Å². The summed E-state index contributed by atoms with van der Waals surface area (Å²) in [6.45, 7) is 10.5. The van der Waals surface area contributed by atoms with Gasteiger partial charge in [0.05, 0.1) is 0 Å². The zero-order valence-electron chi connectivity index (χ0n) is 12.2. The molecule has 102 valence electrons. The maximum Gasteiger partial charge on any atom is 0.0249 e. The van der Waals surface area contributed by atoms with E-state index < -0.39 is 0 Å². The van der Waals surface area contributed by atoms with Gasteiger partial charge in [-0.25, -0.2) is 0 Å². The number of likely N-dealkylation sites (N-methyl/N-ethyl adjacent to an activating group) is 1. The Labute approximate surface area is 108 Å². The molecule has 0 amide bonds. The van der Waals surface area contributed by atoms with E-state index in [0.29, 0.717) is 0 Å². The van der Waals surface area contributed by atoms with Crippen LogP contribution in [0.3, 0.4) is 0 Å². The molecule has 0 radical (unpaired) electrons. The van der Waals surface area contributed by atoms with E-state index >= 15 is 0 Å². The SMILES string of the molecule is CCCN(CCC)C1CCCCCC1NCC. The van der Waals surface area contributed by atoms with Gasteiger partial charge < -0.3 is 5.32 Å². The summed E-state index contributed by atoms with van der Waals surface area (Å²) >= 11 is 0. The zero-order chi connectivity index (χ0) is 12.5. The van der Waals surface area contributed by atoms with E-state index in [0.717, 1.165) is 18.6 Å². The molecule has 1 N–H and O–H groups in total. The number of hydrogen-bond acceptors (Lipinski definition) is 2. The fourth-order valence-corrected chi connectivity index (χ4v) is 3.24. The fourth-order valence-electron chi connectivity index (χ4n) is 3.24. The number of rotatable bonds is 7. The van der Waals surface area contributed by atoms with Gasteiger partial charge in [0.15, 0.2) is 0 Å². The molecular weight excluding hydrogens is 208 g/mol. The van der Waals surface area contributed by atoms with E-state index in [4.69, 9.17) is 0 Å². The third-order valence-electron chi connectivity index (χ3n) is 3.94. The summed E-state index contributed by atoms with van der Waals surface area (Å²) in [5.41, 5.74) is 0. The van der Waals surface area contributed by atoms with Gasteiger partial charge >= 0.3 is 0 Å². The minimum Gasteiger partial charge on any atom is -0.313 e. The second-order valence-electron chi connectivity index (χ2n) is 5.41. The van der Waals surface area contributed by atoms with Gasteiger partial charge in [-0.3, -0.25) is 4.90 Å². The Kier molecular flexibility index (Phi) is 7.87. The van der Waals surface area contributed by atoms with Crippen LogP contribution in [-0.4, -0.2) is 36.6 Å². The molecule has 0 aromatic carbocycles. The Morgan fingerprint density at radius 2 is 1.59 bits per heavy atom. The van der Waals surface area contributed by atoms with Crippen molar-refractivity contribution in [3.8, 4) is 0 Å². The van der Waals surface area contributed by atoms with Gasteiger partial charge in [-0.05, 0) is 45.3 Å². The smallest absolute Gasteiger partial charge is 0.0249 e. The molecule has 0 saturated heterocycles. The number of nitrogens with zero attached hydrogens (tertiary/aromatic N) is 1. The lowest BCUT2D eigenvalue weighted by Gasteiger charge is -2.36. The molecule has 0 heterocycles. The van der Waals surface area contributed by atoms with Crippen molar-refractivity contribution in [3.05, 3.63) is 0 Å². The molecule has 1 aliphatic rings. The molecule has 1 rings (SSSR count). The first kappa shape index (κ1) is 15.0. The molecular formula is C15H32N2. The van der Waals surface area contributed by atoms with E-state index in [1.165, 1.54) is 58.0 Å². The number of hydrogen-bond donors (Lipinski definition) is 1. The van der Waals surface area contributed by atoms with Crippen LogP contribution in [0, 0.1) is 0 Å². The van der Waals surface area contributed by atoms with Crippen molar-refractivity contribution in [1.29, 1.82) is 0 Å². The van der Waals surface area contributed by atoms with Crippen LogP contribution in [0.15, 0.2) is 0 Å². The molecule has 0 aromatic rings. The molecule has 2 atom stereocenters. The van der Waals surface area contributed by atoms with Crippen molar-refractivity contribution in [2.75, 3.05) is 19.6 Å². The maximum absolute atomic E-state index is 3.73. The summed E-state index contributed by atoms with van der Waals surface area (Å²) in [5, 5.41) is 3.73. The highest BCUT2D eigenvalue weighted by atomic mass is 15.2. The van der Waals surface area contributed by atoms with Gasteiger partial charge in [0.25, 0.3) is 0 Å². The first-order chi connectivity index (χ1) is 8.33. The van der Waals surface area contributed by atoms with E-state index in [-0.39, 0.29) is 0 Å². The van der Waals surface area contributed by atoms with E-state index in [2.05, 4.69) is 31.0 Å². The van der Waals surface area contributed by atoms with Crippen molar-refractivity contribution >= 4 is 0 Å². The molecule has 2 nitrogen and oxygen atoms in total. The highest BCUT2D eigenvalue weighted by molar-refractivity contribution is 4.86. The van der Waals surface area contributed by atoms with Gasteiger partial charge in [0.1, 0.15) is 0 Å². The van der Waals surface area contributed by atoms with Crippen molar-refractivity contribution in [3.63, 3.8) is 0 Å². The van der Waals surface area contributed by atoms with Crippen LogP contribution in [0.2, 0.25) is 0 Å². The molecule has 17 heavy (non-hydrogen) atoms. The predicted octanol–water partition coefficient (Wildman–Crippen LogP) is 3.42. The second-order valence-corrected chi connectivity index (χ2v) is 5.41. The summed E-state index contributed by atoms with van der Waals surface area (Å²) in [6.07, 6.45) is 9.63. The average Bonchev–Trinajstić information content (AvgIpc) is 2.55. The topological polar surface area (TPSA) is 15.3 Å². The Morgan fingerprint density at radius 3 is 2.18 bits per heavy atom. The molecule has 1 aliphatic carbocycles. The lowest BCUT2D eigenvalue weighted by atomic mass is 10.0. The van der Waals surface area contributed by atoms with Crippen molar-refractivity contribution in [1.82, 2.24) is 10.2 Å². The van der Waals surface area contributed by atoms with Crippen LogP contribution in [0.1, 0.15) is 65.7 Å². The zero-order valence-corrected chi connectivity index (χ0v) is 12.2. The third-order valence-corrected chi connectivity index (χ3v) is 3.94. The maximum atomic E-state index is 3.73. The van der Waals surface area contributed by atoms with Crippen LogP contribution in [0.5, 0.6) is 0 Å². The highest BCUT2D eigenvalue weighted by Gasteiger charge is 2.27. The molecule has 1 fully saturated rings. The molecule has 0 bridgehead atoms. The van der Waals surface area contributed by atoms with Gasteiger partial charge in [0.2, 0.25) is 0 Å². The Bertz CT molecular complexity index is 176. The largest absolute Gasteiger partial charge is 0.313 e. The summed E-state index contributed by atoms with van der Waals surface area (Å²) in [7, 11) is 0. The summed E-state index contributed by atoms with van der Waals surface area (Å²) in [4.78, 5) is 2.75. The van der Waals surface area contributed by atoms with Crippen LogP contribution in [0.4, 0.5) is 0 Å². The van der Waals surface area contributed by atoms with E-state index in [1.807, 2.05) is 0 Å². The van der Waals surface area contributed by atoms with Gasteiger partial charge in [-0.2, -0.15) is 0 Å².